The minimum Gasteiger partial charge on any atom is -0.423 e. The molecule has 4 aromatic rings. The summed E-state index contributed by atoms with van der Waals surface area (Å²) in [5, 5.41) is 13.0. The zero-order valence-corrected chi connectivity index (χ0v) is 16.2. The fourth-order valence-corrected chi connectivity index (χ4v) is 3.55. The van der Waals surface area contributed by atoms with Gasteiger partial charge in [0.15, 0.2) is 0 Å². The Hall–Kier alpha value is -3.32. The molecule has 0 spiro atoms. The van der Waals surface area contributed by atoms with Crippen molar-refractivity contribution in [1.82, 2.24) is 15.2 Å². The first-order chi connectivity index (χ1) is 13.6. The summed E-state index contributed by atoms with van der Waals surface area (Å²) in [6, 6.07) is 15.5. The number of amides is 1. The van der Waals surface area contributed by atoms with Gasteiger partial charge in [0.1, 0.15) is 10.7 Å². The van der Waals surface area contributed by atoms with Gasteiger partial charge in [-0.3, -0.25) is 4.79 Å². The van der Waals surface area contributed by atoms with Gasteiger partial charge in [0.25, 0.3) is 5.91 Å². The van der Waals surface area contributed by atoms with Crippen molar-refractivity contribution in [3.63, 3.8) is 0 Å². The summed E-state index contributed by atoms with van der Waals surface area (Å²) in [6.07, 6.45) is 1.27. The molecule has 1 N–H and O–H groups in total. The van der Waals surface area contributed by atoms with Gasteiger partial charge in [-0.2, -0.15) is 0 Å². The SMILES string of the molecule is CC(C)c1ccc(-c2nc(C(=O)Nc3cccc(-c4nnco4)c3)cs2)cc1. The number of aromatic nitrogens is 3. The Bertz CT molecular complexity index is 1090. The highest BCUT2D eigenvalue weighted by atomic mass is 32.1. The molecule has 2 aromatic heterocycles. The third kappa shape index (κ3) is 3.84. The lowest BCUT2D eigenvalue weighted by molar-refractivity contribution is 0.102. The zero-order chi connectivity index (χ0) is 19.5. The monoisotopic (exact) mass is 390 g/mol. The smallest absolute Gasteiger partial charge is 0.275 e. The maximum atomic E-state index is 12.6. The highest BCUT2D eigenvalue weighted by Crippen LogP contribution is 2.26. The van der Waals surface area contributed by atoms with Crippen LogP contribution in [0.25, 0.3) is 22.0 Å². The van der Waals surface area contributed by atoms with Crippen LogP contribution in [-0.4, -0.2) is 21.1 Å². The molecular weight excluding hydrogens is 372 g/mol. The summed E-state index contributed by atoms with van der Waals surface area (Å²) >= 11 is 1.45. The minimum absolute atomic E-state index is 0.260. The molecular formula is C21H18N4O2S. The van der Waals surface area contributed by atoms with Gasteiger partial charge in [0.2, 0.25) is 12.3 Å². The van der Waals surface area contributed by atoms with E-state index in [1.807, 2.05) is 24.3 Å². The lowest BCUT2D eigenvalue weighted by atomic mass is 10.0. The average molecular weight is 390 g/mol. The number of carbonyl (C=O) groups excluding carboxylic acids is 1. The Morgan fingerprint density at radius 2 is 1.93 bits per heavy atom. The van der Waals surface area contributed by atoms with E-state index >= 15 is 0 Å². The van der Waals surface area contributed by atoms with Crippen molar-refractivity contribution in [3.05, 3.63) is 71.6 Å². The van der Waals surface area contributed by atoms with E-state index < -0.39 is 0 Å². The van der Waals surface area contributed by atoms with Crippen molar-refractivity contribution in [2.24, 2.45) is 0 Å². The van der Waals surface area contributed by atoms with Crippen molar-refractivity contribution in [2.75, 3.05) is 5.32 Å². The Morgan fingerprint density at radius 3 is 2.64 bits per heavy atom. The van der Waals surface area contributed by atoms with Gasteiger partial charge in [-0.1, -0.05) is 44.2 Å². The number of thiazole rings is 1. The van der Waals surface area contributed by atoms with E-state index in [1.54, 1.807) is 17.5 Å². The largest absolute Gasteiger partial charge is 0.423 e. The number of nitrogens with one attached hydrogen (secondary N) is 1. The number of nitrogens with zero attached hydrogens (tertiary/aromatic N) is 3. The molecule has 0 unspecified atom stereocenters. The van der Waals surface area contributed by atoms with E-state index in [-0.39, 0.29) is 5.91 Å². The van der Waals surface area contributed by atoms with Crippen LogP contribution in [0.2, 0.25) is 0 Å². The fraction of sp³-hybridized carbons (Fsp3) is 0.143. The number of hydrogen-bond donors (Lipinski definition) is 1. The Morgan fingerprint density at radius 1 is 1.11 bits per heavy atom. The molecule has 2 aromatic carbocycles. The molecule has 0 radical (unpaired) electrons. The molecule has 0 saturated heterocycles. The standard InChI is InChI=1S/C21H18N4O2S/c1-13(2)14-6-8-15(9-7-14)21-24-18(11-28-21)19(26)23-17-5-3-4-16(10-17)20-25-22-12-27-20/h3-13H,1-2H3,(H,23,26). The molecule has 0 aliphatic carbocycles. The molecule has 2 heterocycles. The second-order valence-corrected chi connectivity index (χ2v) is 7.45. The molecule has 140 valence electrons. The molecule has 0 aliphatic heterocycles. The molecule has 0 aliphatic rings. The van der Waals surface area contributed by atoms with E-state index in [1.165, 1.54) is 23.3 Å². The second-order valence-electron chi connectivity index (χ2n) is 6.59. The summed E-state index contributed by atoms with van der Waals surface area (Å²) in [4.78, 5) is 17.1. The summed E-state index contributed by atoms with van der Waals surface area (Å²) in [7, 11) is 0. The molecule has 0 saturated carbocycles. The Balaban J connectivity index is 1.50. The van der Waals surface area contributed by atoms with Crippen molar-refractivity contribution < 1.29 is 9.21 Å². The summed E-state index contributed by atoms with van der Waals surface area (Å²) in [6.45, 7) is 4.32. The van der Waals surface area contributed by atoms with E-state index in [2.05, 4.69) is 46.5 Å². The molecule has 6 nitrogen and oxygen atoms in total. The number of hydrogen-bond acceptors (Lipinski definition) is 6. The molecule has 28 heavy (non-hydrogen) atoms. The van der Waals surface area contributed by atoms with Crippen molar-refractivity contribution in [3.8, 4) is 22.0 Å². The van der Waals surface area contributed by atoms with Gasteiger partial charge in [-0.15, -0.1) is 21.5 Å². The molecule has 1 amide bonds. The van der Waals surface area contributed by atoms with Crippen LogP contribution in [0.1, 0.15) is 35.8 Å². The third-order valence-corrected chi connectivity index (χ3v) is 5.18. The number of anilines is 1. The first kappa shape index (κ1) is 18.1. The maximum absolute atomic E-state index is 12.6. The van der Waals surface area contributed by atoms with Crippen LogP contribution in [0, 0.1) is 0 Å². The van der Waals surface area contributed by atoms with Crippen LogP contribution in [0.5, 0.6) is 0 Å². The molecule has 0 bridgehead atoms. The van der Waals surface area contributed by atoms with E-state index in [0.717, 1.165) is 16.1 Å². The van der Waals surface area contributed by atoms with Crippen LogP contribution in [-0.2, 0) is 0 Å². The minimum atomic E-state index is -0.260. The van der Waals surface area contributed by atoms with Gasteiger partial charge in [0, 0.05) is 22.2 Å². The predicted octanol–water partition coefficient (Wildman–Crippen LogP) is 5.24. The highest BCUT2D eigenvalue weighted by molar-refractivity contribution is 7.13. The molecule has 4 rings (SSSR count). The third-order valence-electron chi connectivity index (χ3n) is 4.29. The predicted molar refractivity (Wildman–Crippen MR) is 109 cm³/mol. The van der Waals surface area contributed by atoms with E-state index in [4.69, 9.17) is 4.42 Å². The highest BCUT2D eigenvalue weighted by Gasteiger charge is 2.13. The summed E-state index contributed by atoms with van der Waals surface area (Å²) < 4.78 is 5.19. The van der Waals surface area contributed by atoms with Gasteiger partial charge in [-0.25, -0.2) is 4.98 Å². The maximum Gasteiger partial charge on any atom is 0.275 e. The first-order valence-corrected chi connectivity index (χ1v) is 9.72. The Kier molecular flexibility index (Phi) is 4.99. The Labute approximate surface area is 166 Å². The molecule has 0 fully saturated rings. The van der Waals surface area contributed by atoms with Gasteiger partial charge in [0.05, 0.1) is 0 Å². The average Bonchev–Trinajstić information content (AvgIpc) is 3.40. The number of rotatable bonds is 5. The first-order valence-electron chi connectivity index (χ1n) is 8.84. The van der Waals surface area contributed by atoms with Gasteiger partial charge in [-0.05, 0) is 29.7 Å². The quantitative estimate of drug-likeness (QED) is 0.504. The normalized spacial score (nSPS) is 11.0. The van der Waals surface area contributed by atoms with Crippen LogP contribution in [0.3, 0.4) is 0 Å². The zero-order valence-electron chi connectivity index (χ0n) is 15.4. The number of carbonyl (C=O) groups is 1. The van der Waals surface area contributed by atoms with Crippen molar-refractivity contribution in [1.29, 1.82) is 0 Å². The van der Waals surface area contributed by atoms with E-state index in [0.29, 0.717) is 23.2 Å². The fourth-order valence-electron chi connectivity index (χ4n) is 2.75. The summed E-state index contributed by atoms with van der Waals surface area (Å²) in [5.74, 6) is 0.621. The lowest BCUT2D eigenvalue weighted by Gasteiger charge is -2.05. The van der Waals surface area contributed by atoms with Gasteiger partial charge < -0.3 is 9.73 Å². The van der Waals surface area contributed by atoms with Crippen molar-refractivity contribution in [2.45, 2.75) is 19.8 Å². The van der Waals surface area contributed by atoms with Gasteiger partial charge >= 0.3 is 0 Å². The van der Waals surface area contributed by atoms with Crippen LogP contribution >= 0.6 is 11.3 Å². The van der Waals surface area contributed by atoms with Crippen LogP contribution in [0.4, 0.5) is 5.69 Å². The molecule has 0 atom stereocenters. The topological polar surface area (TPSA) is 80.9 Å². The molecule has 7 heteroatoms. The summed E-state index contributed by atoms with van der Waals surface area (Å²) in [5.41, 5.74) is 4.04. The van der Waals surface area contributed by atoms with Crippen molar-refractivity contribution >= 4 is 22.9 Å². The number of benzene rings is 2. The van der Waals surface area contributed by atoms with E-state index in [9.17, 15) is 4.79 Å². The second kappa shape index (κ2) is 7.74. The van der Waals surface area contributed by atoms with Crippen LogP contribution < -0.4 is 5.32 Å². The lowest BCUT2D eigenvalue weighted by Crippen LogP contribution is -2.12. The van der Waals surface area contributed by atoms with Crippen LogP contribution in [0.15, 0.2) is 64.7 Å².